The lowest BCUT2D eigenvalue weighted by Crippen LogP contribution is -2.50. The average molecular weight is 1050 g/mol. The molecular formula is C39H51N7O19P3S+. The van der Waals surface area contributed by atoms with Gasteiger partial charge in [0, 0.05) is 54.4 Å². The number of fused-ring (bicyclic) bond motifs is 4. The molecule has 4 aliphatic rings. The van der Waals surface area contributed by atoms with Crippen molar-refractivity contribution in [3.8, 4) is 23.3 Å². The van der Waals surface area contributed by atoms with Gasteiger partial charge in [-0.3, -0.25) is 18.4 Å². The number of benzene rings is 2. The maximum atomic E-state index is 13.0. The molecular weight excluding hydrogens is 995 g/mol. The Morgan fingerprint density at radius 1 is 1.07 bits per heavy atom. The van der Waals surface area contributed by atoms with E-state index in [0.717, 1.165) is 37.5 Å². The highest BCUT2D eigenvalue weighted by atomic mass is 32.2. The Kier molecular flexibility index (Phi) is 15.2. The van der Waals surface area contributed by atoms with Gasteiger partial charge in [-0.1, -0.05) is 11.8 Å². The van der Waals surface area contributed by atoms with E-state index < -0.39 is 87.6 Å². The number of phosphoric acid groups is 3. The number of aliphatic hydroxyl groups excluding tert-OH is 2. The fraction of sp³-hybridized carbons (Fsp3) is 0.513. The molecule has 2 aromatic carbocycles. The van der Waals surface area contributed by atoms with E-state index >= 15 is 0 Å². The van der Waals surface area contributed by atoms with E-state index in [1.54, 1.807) is 0 Å². The van der Waals surface area contributed by atoms with Gasteiger partial charge >= 0.3 is 29.2 Å². The minimum Gasteiger partial charge on any atom is -0.452 e. The second kappa shape index (κ2) is 20.0. The van der Waals surface area contributed by atoms with Crippen LogP contribution in [0.15, 0.2) is 40.2 Å². The summed E-state index contributed by atoms with van der Waals surface area (Å²) in [5.41, 5.74) is 7.19. The zero-order chi connectivity index (χ0) is 50.4. The van der Waals surface area contributed by atoms with Gasteiger partial charge in [0.05, 0.1) is 30.5 Å². The SMILES string of the molecule is CC[N+]1=c2cc3c(cc2CCC1)=Nc1cc2c(cc1O3)N(CCCC(=O)NCC#Cc1cn([C@@H]3O[C@H](COP(=O)(O)OP(=O)(O)OP(=O)(O)O)[C@@H](O)[C@H]3O)c(=O)nc1N)C(C)(C)CC2CS(=O)(=O)O. The first-order valence-electron chi connectivity index (χ1n) is 21.3. The van der Waals surface area contributed by atoms with E-state index in [1.165, 1.54) is 5.56 Å². The summed E-state index contributed by atoms with van der Waals surface area (Å²) in [6.07, 6.45) is -3.50. The molecule has 5 heterocycles. The molecule has 0 radical (unpaired) electrons. The second-order valence-electron chi connectivity index (χ2n) is 17.2. The van der Waals surface area contributed by atoms with Crippen LogP contribution in [0.1, 0.15) is 75.3 Å². The number of carbonyl (C=O) groups excluding carboxylic acids is 1. The van der Waals surface area contributed by atoms with Crippen molar-refractivity contribution < 1.29 is 83.9 Å². The number of rotatable bonds is 16. The Labute approximate surface area is 393 Å². The molecule has 1 amide bonds. The van der Waals surface area contributed by atoms with E-state index in [0.29, 0.717) is 57.7 Å². The van der Waals surface area contributed by atoms with Crippen LogP contribution in [0, 0.1) is 11.8 Å². The number of aliphatic hydroxyl groups is 2. The van der Waals surface area contributed by atoms with E-state index in [-0.39, 0.29) is 30.3 Å². The minimum absolute atomic E-state index is 0.0538. The first-order valence-corrected chi connectivity index (χ1v) is 27.4. The Bertz CT molecular complexity index is 3070. The van der Waals surface area contributed by atoms with E-state index in [2.05, 4.69) is 51.7 Å². The summed E-state index contributed by atoms with van der Waals surface area (Å²) in [6.45, 7) is 6.84. The number of hydrogen-bond acceptors (Lipinski definition) is 18. The molecule has 0 aliphatic carbocycles. The summed E-state index contributed by atoms with van der Waals surface area (Å²) in [5, 5.41) is 25.6. The molecule has 7 atom stereocenters. The Morgan fingerprint density at radius 2 is 1.81 bits per heavy atom. The van der Waals surface area contributed by atoms with Gasteiger partial charge in [0.15, 0.2) is 17.7 Å². The zero-order valence-corrected chi connectivity index (χ0v) is 40.6. The monoisotopic (exact) mass is 1050 g/mol. The third kappa shape index (κ3) is 12.5. The van der Waals surface area contributed by atoms with Gasteiger partial charge < -0.3 is 55.2 Å². The quantitative estimate of drug-likeness (QED) is 0.0313. The van der Waals surface area contributed by atoms with Gasteiger partial charge in [-0.15, -0.1) is 0 Å². The van der Waals surface area contributed by atoms with Crippen molar-refractivity contribution in [1.29, 1.82) is 0 Å². The summed E-state index contributed by atoms with van der Waals surface area (Å²) >= 11 is 0. The molecule has 30 heteroatoms. The third-order valence-corrected chi connectivity index (χ3v) is 16.4. The third-order valence-electron chi connectivity index (χ3n) is 11.7. The average Bonchev–Trinajstić information content (AvgIpc) is 3.50. The van der Waals surface area contributed by atoms with Crippen LogP contribution >= 0.6 is 23.5 Å². The Balaban J connectivity index is 0.993. The number of aryl methyl sites for hydroxylation is 1. The zero-order valence-electron chi connectivity index (χ0n) is 37.1. The Hall–Kier alpha value is -4.45. The van der Waals surface area contributed by atoms with Gasteiger partial charge in [0.25, 0.3) is 10.1 Å². The molecule has 376 valence electrons. The number of anilines is 2. The fourth-order valence-electron chi connectivity index (χ4n) is 8.80. The maximum absolute atomic E-state index is 13.0. The number of nitrogens with zero attached hydrogens (tertiary/aromatic N) is 5. The van der Waals surface area contributed by atoms with Gasteiger partial charge in [0.1, 0.15) is 48.3 Å². The van der Waals surface area contributed by atoms with Crippen molar-refractivity contribution in [1.82, 2.24) is 19.4 Å². The van der Waals surface area contributed by atoms with Crippen LogP contribution < -0.4 is 41.7 Å². The lowest BCUT2D eigenvalue weighted by Gasteiger charge is -2.48. The molecule has 69 heavy (non-hydrogen) atoms. The fourth-order valence-corrected chi connectivity index (χ4v) is 12.6. The highest BCUT2D eigenvalue weighted by Crippen LogP contribution is 2.66. The lowest BCUT2D eigenvalue weighted by atomic mass is 9.79. The number of phosphoric ester groups is 1. The van der Waals surface area contributed by atoms with E-state index in [1.807, 2.05) is 38.1 Å². The molecule has 0 spiro atoms. The molecule has 4 aliphatic heterocycles. The van der Waals surface area contributed by atoms with Crippen LogP contribution in [-0.4, -0.2) is 121 Å². The molecule has 1 saturated heterocycles. The summed E-state index contributed by atoms with van der Waals surface area (Å²) < 4.78 is 95.7. The number of aromatic nitrogens is 2. The van der Waals surface area contributed by atoms with Crippen molar-refractivity contribution >= 4 is 56.7 Å². The number of carbonyl (C=O) groups is 1. The standard InChI is InChI=1S/C39H50N7O19P3S/c1-4-44-12-6-9-22-14-26-30(16-28(22)44)62-31-17-29-25(15-27(31)42-26)24(21-69(58,59)60)18-39(2,3)46(29)13-7-10-33(47)41-11-5-8-23-19-45(38(50)43-36(23)40)37-35(49)34(48)32(63-37)20-61-67(54,55)65-68(56,57)64-66(51,52)53/h14-17,19,24,32,34-35,37,48-49H,4,6-7,9-13,18,20-21H2,1-3H3,(H7-,40,41,43,47,50,51,52,53,54,55,56,57,58,59,60)/p+1/t24?,32-,34-,35-,37-/m1/s1. The highest BCUT2D eigenvalue weighted by molar-refractivity contribution is 7.85. The molecule has 3 unspecified atom stereocenters. The van der Waals surface area contributed by atoms with Crippen molar-refractivity contribution in [3.63, 3.8) is 0 Å². The number of nitrogens with one attached hydrogen (secondary N) is 1. The van der Waals surface area contributed by atoms with Gasteiger partial charge in [-0.25, -0.2) is 28.1 Å². The van der Waals surface area contributed by atoms with Crippen LogP contribution in [0.5, 0.6) is 11.5 Å². The largest absolute Gasteiger partial charge is 0.490 e. The van der Waals surface area contributed by atoms with Crippen molar-refractivity contribution in [2.24, 2.45) is 4.99 Å². The van der Waals surface area contributed by atoms with E-state index in [9.17, 15) is 56.3 Å². The Morgan fingerprint density at radius 3 is 2.51 bits per heavy atom. The summed E-state index contributed by atoms with van der Waals surface area (Å²) in [5.74, 6) is 4.65. The van der Waals surface area contributed by atoms with Crippen molar-refractivity contribution in [2.75, 3.05) is 49.2 Å². The number of ether oxygens (including phenoxy) is 2. The lowest BCUT2D eigenvalue weighted by molar-refractivity contribution is -0.120. The van der Waals surface area contributed by atoms with Crippen LogP contribution in [0.3, 0.4) is 0 Å². The second-order valence-corrected chi connectivity index (χ2v) is 23.1. The molecule has 10 N–H and O–H groups in total. The van der Waals surface area contributed by atoms with Gasteiger partial charge in [-0.05, 0) is 57.7 Å². The minimum atomic E-state index is -5.85. The number of amides is 1. The summed E-state index contributed by atoms with van der Waals surface area (Å²) in [4.78, 5) is 73.0. The predicted molar refractivity (Wildman–Crippen MR) is 241 cm³/mol. The number of hydrogen-bond donors (Lipinski definition) is 9. The van der Waals surface area contributed by atoms with Crippen molar-refractivity contribution in [2.45, 2.75) is 88.9 Å². The predicted octanol–water partition coefficient (Wildman–Crippen LogP) is 0.210. The molecule has 26 nitrogen and oxygen atoms in total. The summed E-state index contributed by atoms with van der Waals surface area (Å²) in [6, 6.07) is 7.70. The molecule has 0 saturated carbocycles. The van der Waals surface area contributed by atoms with Crippen LogP contribution in [0.2, 0.25) is 0 Å². The smallest absolute Gasteiger partial charge is 0.452 e. The first-order chi connectivity index (χ1) is 32.1. The maximum Gasteiger partial charge on any atom is 0.490 e. The summed E-state index contributed by atoms with van der Waals surface area (Å²) in [7, 11) is -21.5. The van der Waals surface area contributed by atoms with Gasteiger partial charge in [0.2, 0.25) is 11.3 Å². The molecule has 1 aromatic heterocycles. The highest BCUT2D eigenvalue weighted by Gasteiger charge is 2.47. The number of nitrogen functional groups attached to an aromatic ring is 1. The van der Waals surface area contributed by atoms with Crippen LogP contribution in [-0.2, 0) is 52.9 Å². The van der Waals surface area contributed by atoms with Crippen molar-refractivity contribution in [3.05, 3.63) is 68.4 Å². The molecule has 1 fully saturated rings. The van der Waals surface area contributed by atoms with E-state index in [4.69, 9.17) is 30.0 Å². The molecule has 7 rings (SSSR count). The van der Waals surface area contributed by atoms with Crippen LogP contribution in [0.4, 0.5) is 17.2 Å². The first kappa shape index (κ1) is 52.4. The normalized spacial score (nSPS) is 23.4. The van der Waals surface area contributed by atoms with Crippen LogP contribution in [0.25, 0.3) is 0 Å². The molecule has 0 bridgehead atoms. The van der Waals surface area contributed by atoms with Gasteiger partial charge in [-0.2, -0.15) is 22.0 Å². The topological polar surface area (TPSA) is 382 Å². The molecule has 3 aromatic rings. The number of nitrogens with two attached hydrogens (primary N) is 1.